The first kappa shape index (κ1) is 12.6. The van der Waals surface area contributed by atoms with Crippen LogP contribution in [0.4, 0.5) is 5.69 Å². The van der Waals surface area contributed by atoms with Gasteiger partial charge in [-0.05, 0) is 44.0 Å². The number of hydrogen-bond acceptors (Lipinski definition) is 4. The molecule has 1 N–H and O–H groups in total. The number of nitrogens with one attached hydrogen (secondary N) is 1. The lowest BCUT2D eigenvalue weighted by Gasteiger charge is -2.45. The topological polar surface area (TPSA) is 33.7 Å². The highest BCUT2D eigenvalue weighted by Crippen LogP contribution is 2.34. The van der Waals surface area contributed by atoms with Gasteiger partial charge in [0.25, 0.3) is 0 Å². The van der Waals surface area contributed by atoms with Crippen LogP contribution in [-0.2, 0) is 0 Å². The van der Waals surface area contributed by atoms with Crippen LogP contribution in [-0.4, -0.2) is 44.8 Å². The van der Waals surface area contributed by atoms with Crippen molar-refractivity contribution in [3.05, 3.63) is 18.2 Å². The summed E-state index contributed by atoms with van der Waals surface area (Å²) in [6.45, 7) is 3.69. The Kier molecular flexibility index (Phi) is 3.51. The maximum atomic E-state index is 5.45. The van der Waals surface area contributed by atoms with Gasteiger partial charge in [0.05, 0.1) is 19.9 Å². The van der Waals surface area contributed by atoms with Crippen molar-refractivity contribution < 1.29 is 9.47 Å². The lowest BCUT2D eigenvalue weighted by atomic mass is 9.84. The lowest BCUT2D eigenvalue weighted by Crippen LogP contribution is -2.53. The molecule has 0 spiro atoms. The van der Waals surface area contributed by atoms with Crippen molar-refractivity contribution in [2.45, 2.75) is 18.9 Å². The average Bonchev–Trinajstić information content (AvgIpc) is 2.49. The van der Waals surface area contributed by atoms with Crippen molar-refractivity contribution in [1.82, 2.24) is 4.90 Å². The van der Waals surface area contributed by atoms with Gasteiger partial charge in [0, 0.05) is 18.7 Å². The second kappa shape index (κ2) is 5.29. The van der Waals surface area contributed by atoms with Gasteiger partial charge in [-0.3, -0.25) is 0 Å². The smallest absolute Gasteiger partial charge is 0.145 e. The molecule has 3 aliphatic heterocycles. The highest BCUT2D eigenvalue weighted by molar-refractivity contribution is 5.59. The van der Waals surface area contributed by atoms with Crippen molar-refractivity contribution >= 4 is 5.69 Å². The molecule has 0 aromatic heterocycles. The third-order valence-electron chi connectivity index (χ3n) is 4.41. The van der Waals surface area contributed by atoms with Crippen LogP contribution in [0.15, 0.2) is 18.2 Å². The number of ether oxygens (including phenoxy) is 2. The van der Waals surface area contributed by atoms with Crippen LogP contribution in [0, 0.1) is 5.92 Å². The Morgan fingerprint density at radius 3 is 2.53 bits per heavy atom. The van der Waals surface area contributed by atoms with Crippen molar-refractivity contribution in [2.75, 3.05) is 39.2 Å². The minimum Gasteiger partial charge on any atom is -0.497 e. The van der Waals surface area contributed by atoms with E-state index in [0.29, 0.717) is 6.04 Å². The largest absolute Gasteiger partial charge is 0.497 e. The van der Waals surface area contributed by atoms with Gasteiger partial charge in [0.2, 0.25) is 0 Å². The molecule has 1 unspecified atom stereocenters. The predicted octanol–water partition coefficient (Wildman–Crippen LogP) is 2.21. The molecule has 1 aromatic rings. The van der Waals surface area contributed by atoms with Gasteiger partial charge in [0.1, 0.15) is 11.5 Å². The maximum Gasteiger partial charge on any atom is 0.145 e. The van der Waals surface area contributed by atoms with Crippen molar-refractivity contribution in [3.63, 3.8) is 0 Å². The summed E-state index contributed by atoms with van der Waals surface area (Å²) in [5, 5.41) is 3.66. The Hall–Kier alpha value is -1.42. The first-order valence-electron chi connectivity index (χ1n) is 7.01. The summed E-state index contributed by atoms with van der Waals surface area (Å²) >= 11 is 0. The van der Waals surface area contributed by atoms with Gasteiger partial charge in [0.15, 0.2) is 0 Å². The van der Waals surface area contributed by atoms with Crippen molar-refractivity contribution in [2.24, 2.45) is 5.92 Å². The first-order valence-corrected chi connectivity index (χ1v) is 7.01. The standard InChI is InChI=1S/C15H22N2O2/c1-18-12-3-4-13(15(9-12)19-2)16-14-10-17-7-5-11(14)6-8-17/h3-4,9,11,14,16H,5-8,10H2,1-2H3. The Balaban J connectivity index is 1.75. The van der Waals surface area contributed by atoms with Crippen LogP contribution < -0.4 is 14.8 Å². The van der Waals surface area contributed by atoms with Gasteiger partial charge in [-0.1, -0.05) is 0 Å². The summed E-state index contributed by atoms with van der Waals surface area (Å²) in [5.74, 6) is 2.49. The third-order valence-corrected chi connectivity index (χ3v) is 4.41. The van der Waals surface area contributed by atoms with E-state index in [0.717, 1.165) is 29.6 Å². The summed E-state index contributed by atoms with van der Waals surface area (Å²) in [5.41, 5.74) is 1.07. The monoisotopic (exact) mass is 262 g/mol. The molecule has 104 valence electrons. The van der Waals surface area contributed by atoms with E-state index in [-0.39, 0.29) is 0 Å². The fourth-order valence-corrected chi connectivity index (χ4v) is 3.25. The number of anilines is 1. The second-order valence-corrected chi connectivity index (χ2v) is 5.46. The van der Waals surface area contributed by atoms with Crippen molar-refractivity contribution in [1.29, 1.82) is 0 Å². The Labute approximate surface area is 114 Å². The molecule has 3 fully saturated rings. The quantitative estimate of drug-likeness (QED) is 0.902. The zero-order valence-corrected chi connectivity index (χ0v) is 11.7. The van der Waals surface area contributed by atoms with E-state index in [2.05, 4.69) is 16.3 Å². The fourth-order valence-electron chi connectivity index (χ4n) is 3.25. The number of nitrogens with zero attached hydrogens (tertiary/aromatic N) is 1. The second-order valence-electron chi connectivity index (χ2n) is 5.46. The number of methoxy groups -OCH3 is 2. The highest BCUT2D eigenvalue weighted by Gasteiger charge is 2.34. The minimum atomic E-state index is 0.546. The molecule has 19 heavy (non-hydrogen) atoms. The van der Waals surface area contributed by atoms with E-state index >= 15 is 0 Å². The van der Waals surface area contributed by atoms with E-state index in [1.54, 1.807) is 14.2 Å². The van der Waals surface area contributed by atoms with Crippen LogP contribution in [0.2, 0.25) is 0 Å². The van der Waals surface area contributed by atoms with Gasteiger partial charge in [-0.25, -0.2) is 0 Å². The summed E-state index contributed by atoms with van der Waals surface area (Å²) in [4.78, 5) is 2.55. The van der Waals surface area contributed by atoms with Crippen LogP contribution in [0.5, 0.6) is 11.5 Å². The lowest BCUT2D eigenvalue weighted by molar-refractivity contribution is 0.0974. The van der Waals surface area contributed by atoms with Crippen LogP contribution >= 0.6 is 0 Å². The molecule has 0 saturated carbocycles. The number of piperidine rings is 3. The SMILES string of the molecule is COc1ccc(NC2CN3CCC2CC3)c(OC)c1. The maximum absolute atomic E-state index is 5.45. The highest BCUT2D eigenvalue weighted by atomic mass is 16.5. The summed E-state index contributed by atoms with van der Waals surface area (Å²) in [7, 11) is 3.38. The molecule has 0 amide bonds. The molecule has 4 heteroatoms. The molecule has 1 aromatic carbocycles. The summed E-state index contributed by atoms with van der Waals surface area (Å²) in [6.07, 6.45) is 2.63. The Morgan fingerprint density at radius 2 is 1.95 bits per heavy atom. The molecule has 1 atom stereocenters. The summed E-state index contributed by atoms with van der Waals surface area (Å²) < 4.78 is 10.7. The van der Waals surface area contributed by atoms with Gasteiger partial charge in [-0.15, -0.1) is 0 Å². The minimum absolute atomic E-state index is 0.546. The van der Waals surface area contributed by atoms with Gasteiger partial charge >= 0.3 is 0 Å². The van der Waals surface area contributed by atoms with E-state index in [9.17, 15) is 0 Å². The first-order chi connectivity index (χ1) is 9.30. The van der Waals surface area contributed by atoms with Crippen LogP contribution in [0.1, 0.15) is 12.8 Å². The van der Waals surface area contributed by atoms with Gasteiger partial charge < -0.3 is 19.7 Å². The molecule has 4 nitrogen and oxygen atoms in total. The summed E-state index contributed by atoms with van der Waals surface area (Å²) in [6, 6.07) is 6.51. The Morgan fingerprint density at radius 1 is 1.16 bits per heavy atom. The molecule has 0 radical (unpaired) electrons. The molecule has 2 bridgehead atoms. The molecular formula is C15H22N2O2. The zero-order valence-electron chi connectivity index (χ0n) is 11.7. The fraction of sp³-hybridized carbons (Fsp3) is 0.600. The Bertz CT molecular complexity index is 442. The van der Waals surface area contributed by atoms with Crippen LogP contribution in [0.3, 0.4) is 0 Å². The van der Waals surface area contributed by atoms with E-state index in [4.69, 9.17) is 9.47 Å². The zero-order chi connectivity index (χ0) is 13.2. The molecule has 3 heterocycles. The van der Waals surface area contributed by atoms with E-state index < -0.39 is 0 Å². The van der Waals surface area contributed by atoms with Crippen molar-refractivity contribution in [3.8, 4) is 11.5 Å². The molecule has 3 aliphatic rings. The van der Waals surface area contributed by atoms with Crippen LogP contribution in [0.25, 0.3) is 0 Å². The number of hydrogen-bond donors (Lipinski definition) is 1. The predicted molar refractivity (Wildman–Crippen MR) is 76.1 cm³/mol. The van der Waals surface area contributed by atoms with E-state index in [1.807, 2.05) is 12.1 Å². The average molecular weight is 262 g/mol. The molecule has 3 saturated heterocycles. The third kappa shape index (κ3) is 2.50. The number of benzene rings is 1. The normalized spacial score (nSPS) is 29.1. The number of fused-ring (bicyclic) bond motifs is 3. The van der Waals surface area contributed by atoms with E-state index in [1.165, 1.54) is 25.9 Å². The molecular weight excluding hydrogens is 240 g/mol. The number of rotatable bonds is 4. The molecule has 4 rings (SSSR count). The molecule has 0 aliphatic carbocycles. The van der Waals surface area contributed by atoms with Gasteiger partial charge in [-0.2, -0.15) is 0 Å².